The van der Waals surface area contributed by atoms with Gasteiger partial charge in [-0.15, -0.1) is 0 Å². The van der Waals surface area contributed by atoms with Gasteiger partial charge in [-0.05, 0) is 24.3 Å². The van der Waals surface area contributed by atoms with Gasteiger partial charge in [-0.2, -0.15) is 0 Å². The highest BCUT2D eigenvalue weighted by Crippen LogP contribution is 1.98. The van der Waals surface area contributed by atoms with Crippen LogP contribution in [-0.2, 0) is 11.9 Å². The van der Waals surface area contributed by atoms with Crippen molar-refractivity contribution >= 4 is 15.9 Å². The molecule has 0 saturated carbocycles. The highest BCUT2D eigenvalue weighted by atomic mass is 79.9. The Morgan fingerprint density at radius 1 is 0.938 bits per heavy atom. The summed E-state index contributed by atoms with van der Waals surface area (Å²) in [6.07, 6.45) is 3.45. The molecule has 0 radical (unpaired) electrons. The average molecular weight is 281 g/mol. The van der Waals surface area contributed by atoms with Gasteiger partial charge in [0.2, 0.25) is 0 Å². The molecule has 1 N–H and O–H groups in total. The fourth-order valence-electron chi connectivity index (χ4n) is 0.969. The molecule has 0 aliphatic rings. The van der Waals surface area contributed by atoms with Crippen LogP contribution in [-0.4, -0.2) is 15.1 Å². The lowest BCUT2D eigenvalue weighted by Gasteiger charge is -1.88. The van der Waals surface area contributed by atoms with Crippen LogP contribution in [0, 0.1) is 0 Å². The van der Waals surface area contributed by atoms with E-state index in [2.05, 4.69) is 25.9 Å². The molecule has 2 aromatic rings. The number of aromatic nitrogens is 2. The highest BCUT2D eigenvalue weighted by Gasteiger charge is 1.83. The first-order valence-corrected chi connectivity index (χ1v) is 5.95. The second kappa shape index (κ2) is 7.96. The van der Waals surface area contributed by atoms with Crippen LogP contribution in [0.5, 0.6) is 0 Å². The summed E-state index contributed by atoms with van der Waals surface area (Å²) >= 11 is 3.29. The molecule has 0 spiro atoms. The maximum absolute atomic E-state index is 8.48. The Labute approximate surface area is 103 Å². The number of rotatable bonds is 2. The third kappa shape index (κ3) is 5.00. The molecule has 0 bridgehead atoms. The molecule has 4 heteroatoms. The van der Waals surface area contributed by atoms with Crippen LogP contribution < -0.4 is 0 Å². The lowest BCUT2D eigenvalue weighted by molar-refractivity contribution is 0.277. The Morgan fingerprint density at radius 2 is 1.50 bits per heavy atom. The Kier molecular flexibility index (Phi) is 6.37. The molecule has 0 aromatic carbocycles. The van der Waals surface area contributed by atoms with Gasteiger partial charge in [-0.3, -0.25) is 9.97 Å². The molecule has 0 aliphatic heterocycles. The van der Waals surface area contributed by atoms with E-state index in [4.69, 9.17) is 5.11 Å². The minimum atomic E-state index is 0.0286. The van der Waals surface area contributed by atoms with Crippen molar-refractivity contribution < 1.29 is 5.11 Å². The van der Waals surface area contributed by atoms with E-state index in [0.717, 1.165) is 11.0 Å². The van der Waals surface area contributed by atoms with Crippen LogP contribution in [0.3, 0.4) is 0 Å². The summed E-state index contributed by atoms with van der Waals surface area (Å²) in [6, 6.07) is 11.3. The number of aliphatic hydroxyl groups excluding tert-OH is 1. The van der Waals surface area contributed by atoms with Gasteiger partial charge in [0.05, 0.1) is 18.0 Å². The molecule has 2 heterocycles. The standard InChI is InChI=1S/C6H6BrN.C6H7NO/c7-5-6-3-1-2-4-8-6;8-5-6-3-1-2-4-7-6/h1-4H,5H2;1-4,8H,5H2. The van der Waals surface area contributed by atoms with E-state index in [0.29, 0.717) is 5.69 Å². The predicted molar refractivity (Wildman–Crippen MR) is 67.0 cm³/mol. The Morgan fingerprint density at radius 3 is 1.75 bits per heavy atom. The van der Waals surface area contributed by atoms with Crippen molar-refractivity contribution in [3.8, 4) is 0 Å². The fraction of sp³-hybridized carbons (Fsp3) is 0.167. The average Bonchev–Trinajstić information content (AvgIpc) is 2.41. The van der Waals surface area contributed by atoms with Gasteiger partial charge in [0.15, 0.2) is 0 Å². The monoisotopic (exact) mass is 280 g/mol. The predicted octanol–water partition coefficient (Wildman–Crippen LogP) is 2.55. The Balaban J connectivity index is 0.000000160. The molecule has 0 amide bonds. The molecule has 0 saturated heterocycles. The largest absolute Gasteiger partial charge is 0.390 e. The summed E-state index contributed by atoms with van der Waals surface area (Å²) in [7, 11) is 0. The maximum Gasteiger partial charge on any atom is 0.0852 e. The van der Waals surface area contributed by atoms with Crippen LogP contribution in [0.1, 0.15) is 11.4 Å². The van der Waals surface area contributed by atoms with Crippen molar-refractivity contribution in [3.63, 3.8) is 0 Å². The number of aliphatic hydroxyl groups is 1. The van der Waals surface area contributed by atoms with E-state index in [1.807, 2.05) is 30.3 Å². The summed E-state index contributed by atoms with van der Waals surface area (Å²) < 4.78 is 0. The lowest BCUT2D eigenvalue weighted by atomic mass is 10.4. The van der Waals surface area contributed by atoms with Gasteiger partial charge >= 0.3 is 0 Å². The van der Waals surface area contributed by atoms with Crippen LogP contribution >= 0.6 is 15.9 Å². The summed E-state index contributed by atoms with van der Waals surface area (Å²) in [4.78, 5) is 7.90. The van der Waals surface area contributed by atoms with Crippen molar-refractivity contribution in [1.29, 1.82) is 0 Å². The van der Waals surface area contributed by atoms with Crippen LogP contribution in [0.15, 0.2) is 48.8 Å². The normalized spacial score (nSPS) is 9.12. The smallest absolute Gasteiger partial charge is 0.0852 e. The van der Waals surface area contributed by atoms with Crippen molar-refractivity contribution in [2.45, 2.75) is 11.9 Å². The SMILES string of the molecule is BrCc1ccccn1.OCc1ccccn1. The Bertz CT molecular complexity index is 341. The number of hydrogen-bond donors (Lipinski definition) is 1. The van der Waals surface area contributed by atoms with Crippen molar-refractivity contribution in [2.24, 2.45) is 0 Å². The maximum atomic E-state index is 8.48. The van der Waals surface area contributed by atoms with Gasteiger partial charge in [-0.25, -0.2) is 0 Å². The van der Waals surface area contributed by atoms with E-state index in [1.165, 1.54) is 0 Å². The van der Waals surface area contributed by atoms with Crippen LogP contribution in [0.25, 0.3) is 0 Å². The Hall–Kier alpha value is -1.26. The van der Waals surface area contributed by atoms with Crippen molar-refractivity contribution in [1.82, 2.24) is 9.97 Å². The zero-order chi connectivity index (χ0) is 11.6. The molecule has 16 heavy (non-hydrogen) atoms. The van der Waals surface area contributed by atoms with Gasteiger partial charge in [0, 0.05) is 17.7 Å². The zero-order valence-corrected chi connectivity index (χ0v) is 10.3. The van der Waals surface area contributed by atoms with Crippen LogP contribution in [0.4, 0.5) is 0 Å². The molecule has 3 nitrogen and oxygen atoms in total. The third-order valence-corrected chi connectivity index (χ3v) is 2.33. The highest BCUT2D eigenvalue weighted by molar-refractivity contribution is 9.08. The molecule has 0 unspecified atom stereocenters. The van der Waals surface area contributed by atoms with E-state index >= 15 is 0 Å². The number of halogens is 1. The molecule has 0 atom stereocenters. The van der Waals surface area contributed by atoms with E-state index in [9.17, 15) is 0 Å². The molecular weight excluding hydrogens is 268 g/mol. The number of pyridine rings is 2. The van der Waals surface area contributed by atoms with Gasteiger partial charge in [-0.1, -0.05) is 28.1 Å². The molecule has 2 aromatic heterocycles. The summed E-state index contributed by atoms with van der Waals surface area (Å²) in [6.45, 7) is 0.0286. The minimum absolute atomic E-state index is 0.0286. The minimum Gasteiger partial charge on any atom is -0.390 e. The topological polar surface area (TPSA) is 46.0 Å². The van der Waals surface area contributed by atoms with E-state index in [1.54, 1.807) is 18.5 Å². The first kappa shape index (κ1) is 12.8. The van der Waals surface area contributed by atoms with Crippen molar-refractivity contribution in [3.05, 3.63) is 60.2 Å². The third-order valence-electron chi connectivity index (χ3n) is 1.75. The van der Waals surface area contributed by atoms with Gasteiger partial charge in [0.25, 0.3) is 0 Å². The van der Waals surface area contributed by atoms with Crippen molar-refractivity contribution in [2.75, 3.05) is 0 Å². The van der Waals surface area contributed by atoms with Gasteiger partial charge in [0.1, 0.15) is 0 Å². The number of hydrogen-bond acceptors (Lipinski definition) is 3. The van der Waals surface area contributed by atoms with Gasteiger partial charge < -0.3 is 5.11 Å². The fourth-order valence-corrected chi connectivity index (χ4v) is 1.30. The van der Waals surface area contributed by atoms with Crippen LogP contribution in [0.2, 0.25) is 0 Å². The zero-order valence-electron chi connectivity index (χ0n) is 8.75. The quantitative estimate of drug-likeness (QED) is 0.860. The molecule has 0 fully saturated rings. The summed E-state index contributed by atoms with van der Waals surface area (Å²) in [5, 5.41) is 9.32. The second-order valence-corrected chi connectivity index (χ2v) is 3.49. The molecule has 2 rings (SSSR count). The number of nitrogens with zero attached hydrogens (tertiary/aromatic N) is 2. The molecule has 0 aliphatic carbocycles. The van der Waals surface area contributed by atoms with E-state index < -0.39 is 0 Å². The first-order chi connectivity index (χ1) is 7.86. The first-order valence-electron chi connectivity index (χ1n) is 4.83. The van der Waals surface area contributed by atoms with E-state index in [-0.39, 0.29) is 6.61 Å². The summed E-state index contributed by atoms with van der Waals surface area (Å²) in [5.74, 6) is 0. The summed E-state index contributed by atoms with van der Waals surface area (Å²) in [5.41, 5.74) is 1.79. The number of alkyl halides is 1. The lowest BCUT2D eigenvalue weighted by Crippen LogP contribution is -1.84. The second-order valence-electron chi connectivity index (χ2n) is 2.93. The molecule has 84 valence electrons. The molecular formula is C12H13BrN2O.